The van der Waals surface area contributed by atoms with Gasteiger partial charge < -0.3 is 10.8 Å². The third-order valence-electron chi connectivity index (χ3n) is 2.78. The molecule has 0 aliphatic heterocycles. The van der Waals surface area contributed by atoms with Crippen molar-refractivity contribution in [3.05, 3.63) is 0 Å². The first-order valence-corrected chi connectivity index (χ1v) is 5.24. The molecule has 1 fully saturated rings. The van der Waals surface area contributed by atoms with Crippen molar-refractivity contribution in [1.29, 1.82) is 0 Å². The monoisotopic (exact) mass is 171 g/mol. The van der Waals surface area contributed by atoms with Gasteiger partial charge in [-0.3, -0.25) is 0 Å². The van der Waals surface area contributed by atoms with Gasteiger partial charge in [0.05, 0.1) is 6.10 Å². The Hall–Kier alpha value is -0.0800. The van der Waals surface area contributed by atoms with Gasteiger partial charge in [0.1, 0.15) is 0 Å². The van der Waals surface area contributed by atoms with Crippen molar-refractivity contribution in [3.8, 4) is 0 Å². The van der Waals surface area contributed by atoms with Crippen molar-refractivity contribution in [2.24, 2.45) is 5.73 Å². The highest BCUT2D eigenvalue weighted by Crippen LogP contribution is 2.16. The van der Waals surface area contributed by atoms with E-state index in [9.17, 15) is 5.11 Å². The molecule has 2 nitrogen and oxygen atoms in total. The maximum Gasteiger partial charge on any atom is 0.0691 e. The van der Waals surface area contributed by atoms with Gasteiger partial charge in [-0.2, -0.15) is 0 Å². The quantitative estimate of drug-likeness (QED) is 0.584. The molecule has 0 aromatic heterocycles. The molecule has 1 saturated carbocycles. The van der Waals surface area contributed by atoms with Gasteiger partial charge in [-0.15, -0.1) is 0 Å². The largest absolute Gasteiger partial charge is 0.392 e. The molecule has 0 saturated heterocycles. The third-order valence-corrected chi connectivity index (χ3v) is 2.78. The van der Waals surface area contributed by atoms with Gasteiger partial charge in [-0.25, -0.2) is 0 Å². The lowest BCUT2D eigenvalue weighted by molar-refractivity contribution is 0.124. The second-order valence-corrected chi connectivity index (χ2v) is 3.93. The average Bonchev–Trinajstić information content (AvgIpc) is 2.08. The SMILES string of the molecule is N[C@@H]1CCCCCCCC[C@H]1O. The lowest BCUT2D eigenvalue weighted by Gasteiger charge is -2.19. The Labute approximate surface area is 75.2 Å². The minimum atomic E-state index is -0.247. The summed E-state index contributed by atoms with van der Waals surface area (Å²) in [7, 11) is 0. The number of aliphatic hydroxyl groups is 1. The molecule has 0 aromatic carbocycles. The van der Waals surface area contributed by atoms with Crippen LogP contribution in [0.15, 0.2) is 0 Å². The van der Waals surface area contributed by atoms with E-state index in [4.69, 9.17) is 5.73 Å². The van der Waals surface area contributed by atoms with Gasteiger partial charge in [-0.05, 0) is 12.8 Å². The van der Waals surface area contributed by atoms with Gasteiger partial charge in [0.2, 0.25) is 0 Å². The molecule has 1 aliphatic rings. The molecule has 1 aliphatic carbocycles. The fourth-order valence-electron chi connectivity index (χ4n) is 1.85. The Kier molecular flexibility index (Phi) is 4.62. The van der Waals surface area contributed by atoms with Crippen LogP contribution in [0, 0.1) is 0 Å². The Morgan fingerprint density at radius 3 is 2.00 bits per heavy atom. The zero-order chi connectivity index (χ0) is 8.81. The normalized spacial score (nSPS) is 34.5. The van der Waals surface area contributed by atoms with Crippen LogP contribution < -0.4 is 5.73 Å². The maximum atomic E-state index is 9.57. The highest BCUT2D eigenvalue weighted by molar-refractivity contribution is 4.72. The van der Waals surface area contributed by atoms with Crippen LogP contribution in [0.5, 0.6) is 0 Å². The topological polar surface area (TPSA) is 46.2 Å². The first-order chi connectivity index (χ1) is 5.80. The number of hydrogen-bond donors (Lipinski definition) is 2. The number of rotatable bonds is 0. The summed E-state index contributed by atoms with van der Waals surface area (Å²) in [5.74, 6) is 0. The zero-order valence-electron chi connectivity index (χ0n) is 7.84. The summed E-state index contributed by atoms with van der Waals surface area (Å²) in [4.78, 5) is 0. The Balaban J connectivity index is 2.26. The van der Waals surface area contributed by atoms with E-state index >= 15 is 0 Å². The van der Waals surface area contributed by atoms with E-state index in [1.807, 2.05) is 0 Å². The summed E-state index contributed by atoms with van der Waals surface area (Å²) in [6, 6.07) is 0.0306. The van der Waals surface area contributed by atoms with Gasteiger partial charge in [0.25, 0.3) is 0 Å². The predicted octanol–water partition coefficient (Wildman–Crippen LogP) is 1.81. The summed E-state index contributed by atoms with van der Waals surface area (Å²) in [5, 5.41) is 9.57. The number of nitrogens with two attached hydrogens (primary N) is 1. The van der Waals surface area contributed by atoms with Crippen molar-refractivity contribution >= 4 is 0 Å². The minimum absolute atomic E-state index is 0.0306. The third kappa shape index (κ3) is 3.55. The zero-order valence-corrected chi connectivity index (χ0v) is 7.84. The van der Waals surface area contributed by atoms with E-state index in [-0.39, 0.29) is 12.1 Å². The van der Waals surface area contributed by atoms with Crippen LogP contribution in [-0.2, 0) is 0 Å². The van der Waals surface area contributed by atoms with Crippen LogP contribution in [0.2, 0.25) is 0 Å². The van der Waals surface area contributed by atoms with Gasteiger partial charge in [0.15, 0.2) is 0 Å². The first kappa shape index (κ1) is 10.0. The fraction of sp³-hybridized carbons (Fsp3) is 1.00. The summed E-state index contributed by atoms with van der Waals surface area (Å²) in [6.07, 6.45) is 9.24. The van der Waals surface area contributed by atoms with Crippen molar-refractivity contribution in [2.75, 3.05) is 0 Å². The molecular formula is C10H21NO. The Bertz CT molecular complexity index is 102. The molecule has 3 N–H and O–H groups in total. The molecule has 12 heavy (non-hydrogen) atoms. The summed E-state index contributed by atoms with van der Waals surface area (Å²) < 4.78 is 0. The Morgan fingerprint density at radius 2 is 1.33 bits per heavy atom. The van der Waals surface area contributed by atoms with E-state index in [1.165, 1.54) is 32.1 Å². The lowest BCUT2D eigenvalue weighted by Crippen LogP contribution is -2.34. The fourth-order valence-corrected chi connectivity index (χ4v) is 1.85. The molecule has 0 spiro atoms. The summed E-state index contributed by atoms with van der Waals surface area (Å²) in [5.41, 5.74) is 5.82. The van der Waals surface area contributed by atoms with Gasteiger partial charge >= 0.3 is 0 Å². The molecule has 0 radical (unpaired) electrons. The molecule has 0 heterocycles. The number of aliphatic hydroxyl groups excluding tert-OH is 1. The van der Waals surface area contributed by atoms with Crippen molar-refractivity contribution in [3.63, 3.8) is 0 Å². The Morgan fingerprint density at radius 1 is 0.833 bits per heavy atom. The lowest BCUT2D eigenvalue weighted by atomic mass is 9.96. The standard InChI is InChI=1S/C10H21NO/c11-9-7-5-3-1-2-4-6-8-10(9)12/h9-10,12H,1-8,11H2/t9-,10-/m1/s1. The molecule has 0 bridgehead atoms. The van der Waals surface area contributed by atoms with Gasteiger partial charge in [0, 0.05) is 6.04 Å². The molecule has 0 aromatic rings. The second kappa shape index (κ2) is 5.55. The summed E-state index contributed by atoms with van der Waals surface area (Å²) >= 11 is 0. The summed E-state index contributed by atoms with van der Waals surface area (Å²) in [6.45, 7) is 0. The molecule has 2 atom stereocenters. The van der Waals surface area contributed by atoms with E-state index in [0.29, 0.717) is 0 Å². The highest BCUT2D eigenvalue weighted by Gasteiger charge is 2.14. The van der Waals surface area contributed by atoms with E-state index in [0.717, 1.165) is 19.3 Å². The van der Waals surface area contributed by atoms with E-state index in [1.54, 1.807) is 0 Å². The molecule has 2 heteroatoms. The molecule has 72 valence electrons. The highest BCUT2D eigenvalue weighted by atomic mass is 16.3. The first-order valence-electron chi connectivity index (χ1n) is 5.24. The van der Waals surface area contributed by atoms with Crippen LogP contribution in [-0.4, -0.2) is 17.3 Å². The van der Waals surface area contributed by atoms with Gasteiger partial charge in [-0.1, -0.05) is 38.5 Å². The van der Waals surface area contributed by atoms with Crippen LogP contribution >= 0.6 is 0 Å². The second-order valence-electron chi connectivity index (χ2n) is 3.93. The maximum absolute atomic E-state index is 9.57. The van der Waals surface area contributed by atoms with Crippen LogP contribution in [0.4, 0.5) is 0 Å². The van der Waals surface area contributed by atoms with E-state index < -0.39 is 0 Å². The molecule has 1 rings (SSSR count). The molecular weight excluding hydrogens is 150 g/mol. The molecule has 0 amide bonds. The van der Waals surface area contributed by atoms with Crippen molar-refractivity contribution in [1.82, 2.24) is 0 Å². The van der Waals surface area contributed by atoms with Crippen LogP contribution in [0.25, 0.3) is 0 Å². The predicted molar refractivity (Wildman–Crippen MR) is 50.9 cm³/mol. The smallest absolute Gasteiger partial charge is 0.0691 e. The van der Waals surface area contributed by atoms with E-state index in [2.05, 4.69) is 0 Å². The minimum Gasteiger partial charge on any atom is -0.392 e. The average molecular weight is 171 g/mol. The number of hydrogen-bond acceptors (Lipinski definition) is 2. The van der Waals surface area contributed by atoms with Crippen molar-refractivity contribution < 1.29 is 5.11 Å². The van der Waals surface area contributed by atoms with Crippen molar-refractivity contribution in [2.45, 2.75) is 63.5 Å². The van der Waals surface area contributed by atoms with Crippen LogP contribution in [0.1, 0.15) is 51.4 Å². The van der Waals surface area contributed by atoms with Crippen LogP contribution in [0.3, 0.4) is 0 Å². The molecule has 0 unspecified atom stereocenters.